The van der Waals surface area contributed by atoms with Crippen LogP contribution in [0.25, 0.3) is 0 Å². The van der Waals surface area contributed by atoms with Gasteiger partial charge in [-0.3, -0.25) is 14.7 Å². The fourth-order valence-corrected chi connectivity index (χ4v) is 2.63. The first-order chi connectivity index (χ1) is 12.4. The Bertz CT molecular complexity index is 885. The van der Waals surface area contributed by atoms with Crippen LogP contribution in [-0.4, -0.2) is 43.5 Å². The maximum Gasteiger partial charge on any atom is 0.351 e. The van der Waals surface area contributed by atoms with Crippen LogP contribution in [0.2, 0.25) is 0 Å². The number of nitrogens with zero attached hydrogens (tertiary/aromatic N) is 3. The summed E-state index contributed by atoms with van der Waals surface area (Å²) in [5.74, 6) is -0.643. The fourth-order valence-electron chi connectivity index (χ4n) is 2.63. The number of nitrogens with two attached hydrogens (primary N) is 1. The van der Waals surface area contributed by atoms with Gasteiger partial charge in [-0.1, -0.05) is 6.07 Å². The van der Waals surface area contributed by atoms with Gasteiger partial charge >= 0.3 is 11.4 Å². The third-order valence-corrected chi connectivity index (χ3v) is 3.94. The molecule has 1 aromatic carbocycles. The van der Waals surface area contributed by atoms with Crippen molar-refractivity contribution in [2.24, 2.45) is 0 Å². The Morgan fingerprint density at radius 3 is 2.92 bits per heavy atom. The highest BCUT2D eigenvalue weighted by atomic mass is 16.6. The van der Waals surface area contributed by atoms with E-state index in [1.54, 1.807) is 0 Å². The monoisotopic (exact) mass is 364 g/mol. The standard InChI is InChI=1S/C15H16N4O7/c16-12-4-5-18(15(22)17-12)13-6-9(20)11(26-13)7-25-10-3-1-2-8(14(10)21)19(23)24/h1-5,9,11,13,20-21H,6-7H2,(H2,16,17,22)/t9-,11+,13+/m0/s1. The average Bonchev–Trinajstić information content (AvgIpc) is 2.94. The van der Waals surface area contributed by atoms with Gasteiger partial charge in [0.25, 0.3) is 0 Å². The molecule has 138 valence electrons. The molecule has 0 spiro atoms. The van der Waals surface area contributed by atoms with E-state index in [1.165, 1.54) is 29.0 Å². The number of aliphatic hydroxyl groups excluding tert-OH is 1. The molecule has 26 heavy (non-hydrogen) atoms. The second kappa shape index (κ2) is 6.98. The number of phenols is 1. The van der Waals surface area contributed by atoms with Gasteiger partial charge in [-0.05, 0) is 12.1 Å². The highest BCUT2D eigenvalue weighted by Gasteiger charge is 2.36. The minimum Gasteiger partial charge on any atom is -0.500 e. The molecule has 11 nitrogen and oxygen atoms in total. The summed E-state index contributed by atoms with van der Waals surface area (Å²) in [6, 6.07) is 5.29. The van der Waals surface area contributed by atoms with Gasteiger partial charge in [0.2, 0.25) is 5.75 Å². The number of nitrogen functional groups attached to an aromatic ring is 1. The Labute approximate surface area is 146 Å². The Hall–Kier alpha value is -3.18. The molecule has 2 heterocycles. The number of nitro groups is 1. The predicted octanol–water partition coefficient (Wildman–Crippen LogP) is 0.167. The average molecular weight is 364 g/mol. The highest BCUT2D eigenvalue weighted by Crippen LogP contribution is 2.36. The number of aliphatic hydroxyl groups is 1. The van der Waals surface area contributed by atoms with Crippen molar-refractivity contribution in [3.8, 4) is 11.5 Å². The van der Waals surface area contributed by atoms with Crippen LogP contribution >= 0.6 is 0 Å². The summed E-state index contributed by atoms with van der Waals surface area (Å²) in [5, 5.41) is 30.8. The molecule has 1 saturated heterocycles. The topological polar surface area (TPSA) is 163 Å². The summed E-state index contributed by atoms with van der Waals surface area (Å²) in [5.41, 5.74) is 4.33. The number of para-hydroxylation sites is 1. The van der Waals surface area contributed by atoms with E-state index in [1.807, 2.05) is 0 Å². The Kier molecular flexibility index (Phi) is 4.73. The molecular weight excluding hydrogens is 348 g/mol. The zero-order valence-corrected chi connectivity index (χ0v) is 13.4. The lowest BCUT2D eigenvalue weighted by Crippen LogP contribution is -2.29. The van der Waals surface area contributed by atoms with E-state index in [2.05, 4.69) is 4.98 Å². The van der Waals surface area contributed by atoms with Crippen molar-refractivity contribution in [2.75, 3.05) is 12.3 Å². The molecule has 0 radical (unpaired) electrons. The zero-order valence-electron chi connectivity index (χ0n) is 13.4. The molecule has 3 rings (SSSR count). The second-order valence-electron chi connectivity index (χ2n) is 5.67. The van der Waals surface area contributed by atoms with Crippen molar-refractivity contribution in [2.45, 2.75) is 24.9 Å². The van der Waals surface area contributed by atoms with Crippen molar-refractivity contribution in [1.29, 1.82) is 0 Å². The molecule has 1 fully saturated rings. The molecule has 0 bridgehead atoms. The van der Waals surface area contributed by atoms with E-state index < -0.39 is 40.5 Å². The summed E-state index contributed by atoms with van der Waals surface area (Å²) in [6.45, 7) is -0.177. The Morgan fingerprint density at radius 1 is 1.46 bits per heavy atom. The third kappa shape index (κ3) is 3.43. The summed E-state index contributed by atoms with van der Waals surface area (Å²) in [4.78, 5) is 25.5. The van der Waals surface area contributed by atoms with Gasteiger partial charge in [0.15, 0.2) is 5.75 Å². The van der Waals surface area contributed by atoms with Crippen molar-refractivity contribution in [1.82, 2.24) is 9.55 Å². The van der Waals surface area contributed by atoms with Gasteiger partial charge in [0.1, 0.15) is 24.8 Å². The normalized spacial score (nSPS) is 22.3. The molecule has 1 aliphatic rings. The van der Waals surface area contributed by atoms with Crippen LogP contribution in [0.4, 0.5) is 11.5 Å². The van der Waals surface area contributed by atoms with E-state index in [0.717, 1.165) is 6.07 Å². The van der Waals surface area contributed by atoms with E-state index >= 15 is 0 Å². The summed E-state index contributed by atoms with van der Waals surface area (Å²) in [6.07, 6.45) is -0.954. The van der Waals surface area contributed by atoms with E-state index in [9.17, 15) is 25.1 Å². The van der Waals surface area contributed by atoms with Crippen LogP contribution in [0, 0.1) is 10.1 Å². The molecule has 4 N–H and O–H groups in total. The molecule has 1 aromatic heterocycles. The van der Waals surface area contributed by atoms with Crippen molar-refractivity contribution in [3.63, 3.8) is 0 Å². The minimum absolute atomic E-state index is 0.0748. The molecular formula is C15H16N4O7. The third-order valence-electron chi connectivity index (χ3n) is 3.94. The van der Waals surface area contributed by atoms with Gasteiger partial charge < -0.3 is 25.4 Å². The van der Waals surface area contributed by atoms with Crippen LogP contribution in [0.5, 0.6) is 11.5 Å². The maximum absolute atomic E-state index is 11.8. The van der Waals surface area contributed by atoms with Crippen molar-refractivity contribution < 1.29 is 24.6 Å². The summed E-state index contributed by atoms with van der Waals surface area (Å²) < 4.78 is 12.2. The first-order valence-corrected chi connectivity index (χ1v) is 7.64. The Balaban J connectivity index is 1.69. The zero-order chi connectivity index (χ0) is 18.8. The lowest BCUT2D eigenvalue weighted by Gasteiger charge is -2.17. The largest absolute Gasteiger partial charge is 0.500 e. The molecule has 0 saturated carbocycles. The molecule has 1 aliphatic heterocycles. The number of benzene rings is 1. The summed E-state index contributed by atoms with van der Waals surface area (Å²) >= 11 is 0. The molecule has 0 aliphatic carbocycles. The number of ether oxygens (including phenoxy) is 2. The maximum atomic E-state index is 11.8. The highest BCUT2D eigenvalue weighted by molar-refractivity contribution is 5.54. The SMILES string of the molecule is Nc1ccn([C@H]2C[C@H](O)[C@@H](COc3cccc([N+](=O)[O-])c3O)O2)c(=O)n1. The predicted molar refractivity (Wildman–Crippen MR) is 87.7 cm³/mol. The quantitative estimate of drug-likeness (QED) is 0.495. The van der Waals surface area contributed by atoms with Crippen LogP contribution in [0.1, 0.15) is 12.6 Å². The van der Waals surface area contributed by atoms with Gasteiger partial charge in [-0.15, -0.1) is 0 Å². The van der Waals surface area contributed by atoms with E-state index in [4.69, 9.17) is 15.2 Å². The number of rotatable bonds is 5. The molecule has 0 amide bonds. The first kappa shape index (κ1) is 17.6. The van der Waals surface area contributed by atoms with Crippen LogP contribution in [0.3, 0.4) is 0 Å². The van der Waals surface area contributed by atoms with Gasteiger partial charge in [0, 0.05) is 18.7 Å². The number of hydrogen-bond acceptors (Lipinski definition) is 9. The first-order valence-electron chi connectivity index (χ1n) is 7.64. The van der Waals surface area contributed by atoms with Crippen molar-refractivity contribution in [3.05, 3.63) is 51.1 Å². The van der Waals surface area contributed by atoms with Crippen molar-refractivity contribution >= 4 is 11.5 Å². The number of anilines is 1. The minimum atomic E-state index is -0.940. The lowest BCUT2D eigenvalue weighted by atomic mass is 10.2. The van der Waals surface area contributed by atoms with E-state index in [-0.39, 0.29) is 24.6 Å². The smallest absolute Gasteiger partial charge is 0.351 e. The number of aromatic hydroxyl groups is 1. The molecule has 0 unspecified atom stereocenters. The molecule has 11 heteroatoms. The number of phenolic OH excluding ortho intramolecular Hbond substituents is 1. The number of hydrogen-bond donors (Lipinski definition) is 3. The van der Waals surface area contributed by atoms with Gasteiger partial charge in [0.05, 0.1) is 11.0 Å². The number of aromatic nitrogens is 2. The van der Waals surface area contributed by atoms with Crippen LogP contribution in [-0.2, 0) is 4.74 Å². The Morgan fingerprint density at radius 2 is 2.23 bits per heavy atom. The van der Waals surface area contributed by atoms with Crippen LogP contribution < -0.4 is 16.2 Å². The molecule has 2 aromatic rings. The van der Waals surface area contributed by atoms with Gasteiger partial charge in [-0.25, -0.2) is 4.79 Å². The molecule has 3 atom stereocenters. The second-order valence-corrected chi connectivity index (χ2v) is 5.67. The number of nitro benzene ring substituents is 1. The van der Waals surface area contributed by atoms with Gasteiger partial charge in [-0.2, -0.15) is 4.98 Å². The van der Waals surface area contributed by atoms with Crippen LogP contribution in [0.15, 0.2) is 35.3 Å². The lowest BCUT2D eigenvalue weighted by molar-refractivity contribution is -0.386. The van der Waals surface area contributed by atoms with E-state index in [0.29, 0.717) is 0 Å². The fraction of sp³-hybridized carbons (Fsp3) is 0.333. The summed E-state index contributed by atoms with van der Waals surface area (Å²) in [7, 11) is 0.